The van der Waals surface area contributed by atoms with Crippen LogP contribution in [-0.2, 0) is 9.59 Å². The number of Topliss-reactive ketones (excluding diaryl/α,β-unsaturated/α-hetero) is 1. The van der Waals surface area contributed by atoms with E-state index in [4.69, 9.17) is 0 Å². The zero-order chi connectivity index (χ0) is 10.5. The summed E-state index contributed by atoms with van der Waals surface area (Å²) in [6.07, 6.45) is 6.53. The summed E-state index contributed by atoms with van der Waals surface area (Å²) in [4.78, 5) is 25.9. The standard InChI is InChI=1S/C12H17NO2/c14-10-5-4-9-3-1-2-8-13-11(15)6-7-12(9,10)13/h9H,1-8H2. The second kappa shape index (κ2) is 3.06. The second-order valence-electron chi connectivity index (χ2n) is 5.12. The summed E-state index contributed by atoms with van der Waals surface area (Å²) in [5.74, 6) is 1.04. The maximum Gasteiger partial charge on any atom is 0.223 e. The molecule has 0 aromatic carbocycles. The first-order chi connectivity index (χ1) is 7.25. The lowest BCUT2D eigenvalue weighted by Gasteiger charge is -2.36. The molecule has 2 aliphatic heterocycles. The molecule has 2 saturated heterocycles. The van der Waals surface area contributed by atoms with Gasteiger partial charge in [0.25, 0.3) is 0 Å². The lowest BCUT2D eigenvalue weighted by Crippen LogP contribution is -2.52. The summed E-state index contributed by atoms with van der Waals surface area (Å²) in [5, 5.41) is 0. The van der Waals surface area contributed by atoms with Crippen molar-refractivity contribution in [3.8, 4) is 0 Å². The van der Waals surface area contributed by atoms with Gasteiger partial charge >= 0.3 is 0 Å². The predicted molar refractivity (Wildman–Crippen MR) is 55.3 cm³/mol. The van der Waals surface area contributed by atoms with E-state index in [1.165, 1.54) is 6.42 Å². The van der Waals surface area contributed by atoms with Crippen LogP contribution in [0.25, 0.3) is 0 Å². The molecule has 3 aliphatic rings. The van der Waals surface area contributed by atoms with Crippen molar-refractivity contribution in [1.82, 2.24) is 4.90 Å². The van der Waals surface area contributed by atoms with Crippen LogP contribution in [-0.4, -0.2) is 28.7 Å². The van der Waals surface area contributed by atoms with Crippen molar-refractivity contribution in [2.24, 2.45) is 5.92 Å². The van der Waals surface area contributed by atoms with Gasteiger partial charge in [0.15, 0.2) is 5.78 Å². The summed E-state index contributed by atoms with van der Waals surface area (Å²) in [7, 11) is 0. The number of ketones is 1. The van der Waals surface area contributed by atoms with Crippen LogP contribution in [0.15, 0.2) is 0 Å². The molecule has 0 N–H and O–H groups in total. The zero-order valence-corrected chi connectivity index (χ0v) is 9.00. The third-order valence-electron chi connectivity index (χ3n) is 4.57. The van der Waals surface area contributed by atoms with Crippen LogP contribution in [0.1, 0.15) is 44.9 Å². The minimum Gasteiger partial charge on any atom is -0.330 e. The Labute approximate surface area is 89.8 Å². The van der Waals surface area contributed by atoms with Crippen LogP contribution < -0.4 is 0 Å². The summed E-state index contributed by atoms with van der Waals surface area (Å²) in [6.45, 7) is 0.821. The third-order valence-corrected chi connectivity index (χ3v) is 4.57. The van der Waals surface area contributed by atoms with Crippen molar-refractivity contribution in [1.29, 1.82) is 0 Å². The molecular weight excluding hydrogens is 190 g/mol. The molecule has 3 fully saturated rings. The fourth-order valence-corrected chi connectivity index (χ4v) is 3.86. The SMILES string of the molecule is O=C1CCC23C(=O)CCC2CCCCN13. The summed E-state index contributed by atoms with van der Waals surface area (Å²) in [6, 6.07) is 0. The third kappa shape index (κ3) is 1.06. The molecule has 0 radical (unpaired) electrons. The monoisotopic (exact) mass is 207 g/mol. The maximum atomic E-state index is 12.1. The van der Waals surface area contributed by atoms with Gasteiger partial charge in [0.1, 0.15) is 5.54 Å². The molecule has 1 saturated carbocycles. The minimum atomic E-state index is -0.340. The van der Waals surface area contributed by atoms with E-state index in [0.29, 0.717) is 24.5 Å². The van der Waals surface area contributed by atoms with Crippen molar-refractivity contribution in [3.05, 3.63) is 0 Å². The summed E-state index contributed by atoms with van der Waals surface area (Å²) in [5.41, 5.74) is -0.340. The van der Waals surface area contributed by atoms with Crippen LogP contribution in [0.5, 0.6) is 0 Å². The molecule has 3 rings (SSSR count). The van der Waals surface area contributed by atoms with Crippen LogP contribution in [0.4, 0.5) is 0 Å². The molecule has 1 aliphatic carbocycles. The number of rotatable bonds is 0. The van der Waals surface area contributed by atoms with Gasteiger partial charge in [0.05, 0.1) is 0 Å². The van der Waals surface area contributed by atoms with Gasteiger partial charge in [-0.1, -0.05) is 6.42 Å². The number of carbonyl (C=O) groups is 2. The van der Waals surface area contributed by atoms with E-state index in [2.05, 4.69) is 0 Å². The number of hydrogen-bond donors (Lipinski definition) is 0. The Morgan fingerprint density at radius 2 is 2.00 bits per heavy atom. The highest BCUT2D eigenvalue weighted by Crippen LogP contribution is 2.48. The van der Waals surface area contributed by atoms with Crippen LogP contribution >= 0.6 is 0 Å². The predicted octanol–water partition coefficient (Wildman–Crippen LogP) is 1.51. The van der Waals surface area contributed by atoms with Crippen molar-refractivity contribution in [2.75, 3.05) is 6.54 Å². The highest BCUT2D eigenvalue weighted by Gasteiger charge is 2.58. The Hall–Kier alpha value is -0.860. The number of hydrogen-bond acceptors (Lipinski definition) is 2. The Morgan fingerprint density at radius 3 is 2.87 bits per heavy atom. The Bertz CT molecular complexity index is 326. The lowest BCUT2D eigenvalue weighted by molar-refractivity contribution is -0.139. The van der Waals surface area contributed by atoms with Gasteiger partial charge in [-0.25, -0.2) is 0 Å². The zero-order valence-electron chi connectivity index (χ0n) is 9.00. The fraction of sp³-hybridized carbons (Fsp3) is 0.833. The van der Waals surface area contributed by atoms with E-state index in [1.807, 2.05) is 4.90 Å². The molecule has 15 heavy (non-hydrogen) atoms. The molecule has 82 valence electrons. The van der Waals surface area contributed by atoms with Gasteiger partial charge in [-0.15, -0.1) is 0 Å². The van der Waals surface area contributed by atoms with Gasteiger partial charge in [-0.2, -0.15) is 0 Å². The van der Waals surface area contributed by atoms with E-state index in [9.17, 15) is 9.59 Å². The van der Waals surface area contributed by atoms with Crippen LogP contribution in [0.2, 0.25) is 0 Å². The first-order valence-corrected chi connectivity index (χ1v) is 6.09. The number of carbonyl (C=O) groups excluding carboxylic acids is 2. The fourth-order valence-electron chi connectivity index (χ4n) is 3.86. The Morgan fingerprint density at radius 1 is 1.13 bits per heavy atom. The molecule has 1 spiro atoms. The molecule has 1 amide bonds. The average Bonchev–Trinajstić information content (AvgIpc) is 2.65. The maximum absolute atomic E-state index is 12.1. The van der Waals surface area contributed by atoms with Gasteiger partial charge in [0, 0.05) is 19.4 Å². The Kier molecular flexibility index (Phi) is 1.91. The largest absolute Gasteiger partial charge is 0.330 e. The summed E-state index contributed by atoms with van der Waals surface area (Å²) >= 11 is 0. The van der Waals surface area contributed by atoms with Crippen LogP contribution in [0, 0.1) is 5.92 Å². The first kappa shape index (κ1) is 9.37. The van der Waals surface area contributed by atoms with Crippen LogP contribution in [0.3, 0.4) is 0 Å². The summed E-state index contributed by atoms with van der Waals surface area (Å²) < 4.78 is 0. The number of nitrogens with zero attached hydrogens (tertiary/aromatic N) is 1. The second-order valence-corrected chi connectivity index (χ2v) is 5.12. The average molecular weight is 207 g/mol. The molecule has 2 atom stereocenters. The molecule has 0 aromatic rings. The molecule has 0 aromatic heterocycles. The van der Waals surface area contributed by atoms with E-state index in [1.54, 1.807) is 0 Å². The van der Waals surface area contributed by atoms with Gasteiger partial charge in [-0.3, -0.25) is 9.59 Å². The normalized spacial score (nSPS) is 40.3. The van der Waals surface area contributed by atoms with Gasteiger partial charge in [-0.05, 0) is 31.6 Å². The smallest absolute Gasteiger partial charge is 0.223 e. The van der Waals surface area contributed by atoms with Crippen molar-refractivity contribution < 1.29 is 9.59 Å². The molecular formula is C12H17NO2. The Balaban J connectivity index is 2.05. The molecule has 3 heteroatoms. The van der Waals surface area contributed by atoms with E-state index < -0.39 is 0 Å². The topological polar surface area (TPSA) is 37.4 Å². The minimum absolute atomic E-state index is 0.220. The lowest BCUT2D eigenvalue weighted by atomic mass is 9.82. The van der Waals surface area contributed by atoms with Crippen molar-refractivity contribution in [2.45, 2.75) is 50.5 Å². The van der Waals surface area contributed by atoms with Crippen molar-refractivity contribution >= 4 is 11.7 Å². The highest BCUT2D eigenvalue weighted by molar-refractivity contribution is 5.98. The highest BCUT2D eigenvalue weighted by atomic mass is 16.2. The van der Waals surface area contributed by atoms with E-state index >= 15 is 0 Å². The number of amides is 1. The molecule has 3 nitrogen and oxygen atoms in total. The van der Waals surface area contributed by atoms with Crippen molar-refractivity contribution in [3.63, 3.8) is 0 Å². The van der Waals surface area contributed by atoms with E-state index in [-0.39, 0.29) is 11.4 Å². The van der Waals surface area contributed by atoms with E-state index in [0.717, 1.165) is 32.2 Å². The molecule has 2 heterocycles. The van der Waals surface area contributed by atoms with Gasteiger partial charge < -0.3 is 4.90 Å². The first-order valence-electron chi connectivity index (χ1n) is 6.09. The molecule has 0 bridgehead atoms. The molecule has 2 unspecified atom stereocenters. The quantitative estimate of drug-likeness (QED) is 0.604. The van der Waals surface area contributed by atoms with Gasteiger partial charge in [0.2, 0.25) is 5.91 Å².